The average Bonchev–Trinajstić information content (AvgIpc) is 2.79. The van der Waals surface area contributed by atoms with Gasteiger partial charge in [0.15, 0.2) is 0 Å². The van der Waals surface area contributed by atoms with Crippen molar-refractivity contribution in [3.8, 4) is 6.07 Å². The largest absolute Gasteiger partial charge is 0.383 e. The fourth-order valence-corrected chi connectivity index (χ4v) is 3.41. The maximum Gasteiger partial charge on any atom is 0.254 e. The number of rotatable bonds is 5. The Balaban J connectivity index is 1.69. The van der Waals surface area contributed by atoms with E-state index in [0.717, 1.165) is 16.5 Å². The second-order valence-corrected chi connectivity index (χ2v) is 7.47. The minimum absolute atomic E-state index is 0.183. The van der Waals surface area contributed by atoms with Crippen LogP contribution in [0, 0.1) is 25.2 Å². The molecule has 2 N–H and O–H groups in total. The van der Waals surface area contributed by atoms with Gasteiger partial charge in [0.05, 0.1) is 35.6 Å². The molecule has 0 radical (unpaired) electrons. The molecule has 0 saturated heterocycles. The minimum Gasteiger partial charge on any atom is -0.383 e. The van der Waals surface area contributed by atoms with E-state index in [1.54, 1.807) is 54.5 Å². The summed E-state index contributed by atoms with van der Waals surface area (Å²) in [5.74, 6) is 0.816. The number of nitrogen functional groups attached to an aromatic ring is 1. The van der Waals surface area contributed by atoms with E-state index < -0.39 is 0 Å². The SMILES string of the molecule is Cc1cc2cc(C(=O)N(Cc3ccc(C#N)c(C)n3)Cc3ncccn3)ccc2nc1N. The van der Waals surface area contributed by atoms with E-state index in [1.807, 2.05) is 19.1 Å². The number of aromatic nitrogens is 4. The van der Waals surface area contributed by atoms with Crippen LogP contribution in [-0.2, 0) is 13.1 Å². The Bertz CT molecular complexity index is 1350. The number of nitriles is 1. The molecule has 4 aromatic rings. The van der Waals surface area contributed by atoms with Crippen molar-refractivity contribution < 1.29 is 4.79 Å². The van der Waals surface area contributed by atoms with Crippen molar-refractivity contribution in [3.05, 3.63) is 88.8 Å². The van der Waals surface area contributed by atoms with Crippen LogP contribution in [0.1, 0.15) is 38.7 Å². The molecule has 0 aliphatic rings. The van der Waals surface area contributed by atoms with Crippen molar-refractivity contribution in [2.24, 2.45) is 0 Å². The summed E-state index contributed by atoms with van der Waals surface area (Å²) >= 11 is 0. The van der Waals surface area contributed by atoms with Gasteiger partial charge in [-0.15, -0.1) is 0 Å². The van der Waals surface area contributed by atoms with Crippen LogP contribution in [0.25, 0.3) is 10.9 Å². The van der Waals surface area contributed by atoms with Gasteiger partial charge in [0.25, 0.3) is 5.91 Å². The van der Waals surface area contributed by atoms with E-state index in [4.69, 9.17) is 11.0 Å². The van der Waals surface area contributed by atoms with Crippen LogP contribution in [0.3, 0.4) is 0 Å². The summed E-state index contributed by atoms with van der Waals surface area (Å²) in [6.45, 7) is 4.13. The number of nitrogens with zero attached hydrogens (tertiary/aromatic N) is 6. The van der Waals surface area contributed by atoms with Gasteiger partial charge in [0.2, 0.25) is 0 Å². The minimum atomic E-state index is -0.183. The molecule has 3 heterocycles. The van der Waals surface area contributed by atoms with E-state index >= 15 is 0 Å². The Hall–Kier alpha value is -4.38. The van der Waals surface area contributed by atoms with Gasteiger partial charge in [0.1, 0.15) is 17.7 Å². The van der Waals surface area contributed by atoms with Gasteiger partial charge >= 0.3 is 0 Å². The van der Waals surface area contributed by atoms with Gasteiger partial charge in [-0.1, -0.05) is 0 Å². The molecule has 0 unspecified atom stereocenters. The van der Waals surface area contributed by atoms with E-state index in [0.29, 0.717) is 34.2 Å². The lowest BCUT2D eigenvalue weighted by Gasteiger charge is -2.22. The van der Waals surface area contributed by atoms with Crippen LogP contribution < -0.4 is 5.73 Å². The number of carbonyl (C=O) groups is 1. The number of anilines is 1. The Morgan fingerprint density at radius 1 is 1.06 bits per heavy atom. The third kappa shape index (κ3) is 4.37. The normalized spacial score (nSPS) is 10.7. The Labute approximate surface area is 185 Å². The predicted molar refractivity (Wildman–Crippen MR) is 120 cm³/mol. The summed E-state index contributed by atoms with van der Waals surface area (Å²) < 4.78 is 0. The fraction of sp³-hybridized carbons (Fsp3) is 0.167. The fourth-order valence-electron chi connectivity index (χ4n) is 3.41. The number of amides is 1. The monoisotopic (exact) mass is 423 g/mol. The van der Waals surface area contributed by atoms with Crippen LogP contribution in [-0.4, -0.2) is 30.7 Å². The van der Waals surface area contributed by atoms with E-state index in [-0.39, 0.29) is 19.0 Å². The second kappa shape index (κ2) is 8.78. The summed E-state index contributed by atoms with van der Waals surface area (Å²) in [5.41, 5.74) is 9.82. The van der Waals surface area contributed by atoms with Crippen LogP contribution in [0.4, 0.5) is 5.82 Å². The number of carbonyl (C=O) groups excluding carboxylic acids is 1. The molecule has 0 spiro atoms. The lowest BCUT2D eigenvalue weighted by atomic mass is 10.1. The summed E-state index contributed by atoms with van der Waals surface area (Å²) in [5, 5.41) is 10.0. The molecule has 8 heteroatoms. The zero-order valence-corrected chi connectivity index (χ0v) is 17.8. The zero-order chi connectivity index (χ0) is 22.7. The lowest BCUT2D eigenvalue weighted by Crippen LogP contribution is -2.31. The standard InChI is InChI=1S/C24H21N7O/c1-15-10-19-11-17(5-7-21(19)30-23(15)26)24(32)31(14-22-27-8-3-9-28-22)13-20-6-4-18(12-25)16(2)29-20/h3-11H,13-14H2,1-2H3,(H2,26,30). The summed E-state index contributed by atoms with van der Waals surface area (Å²) in [6, 6.07) is 14.6. The average molecular weight is 423 g/mol. The maximum absolute atomic E-state index is 13.5. The second-order valence-electron chi connectivity index (χ2n) is 7.47. The van der Waals surface area contributed by atoms with Gasteiger partial charge < -0.3 is 10.6 Å². The Kier molecular flexibility index (Phi) is 5.73. The van der Waals surface area contributed by atoms with Crippen molar-refractivity contribution in [3.63, 3.8) is 0 Å². The lowest BCUT2D eigenvalue weighted by molar-refractivity contribution is 0.0723. The third-order valence-corrected chi connectivity index (χ3v) is 5.15. The van der Waals surface area contributed by atoms with Gasteiger partial charge in [-0.25, -0.2) is 15.0 Å². The molecular formula is C24H21N7O. The molecule has 0 aliphatic heterocycles. The molecule has 158 valence electrons. The molecule has 0 bridgehead atoms. The summed E-state index contributed by atoms with van der Waals surface area (Å²) in [7, 11) is 0. The van der Waals surface area contributed by atoms with Gasteiger partial charge in [-0.2, -0.15) is 5.26 Å². The highest BCUT2D eigenvalue weighted by atomic mass is 16.2. The molecule has 0 saturated carbocycles. The first kappa shape index (κ1) is 20.9. The quantitative estimate of drug-likeness (QED) is 0.522. The van der Waals surface area contributed by atoms with E-state index in [9.17, 15) is 4.79 Å². The van der Waals surface area contributed by atoms with Crippen molar-refractivity contribution in [1.82, 2.24) is 24.8 Å². The van der Waals surface area contributed by atoms with Gasteiger partial charge in [-0.3, -0.25) is 9.78 Å². The third-order valence-electron chi connectivity index (χ3n) is 5.15. The molecule has 32 heavy (non-hydrogen) atoms. The predicted octanol–water partition coefficient (Wildman–Crippen LogP) is 3.33. The number of pyridine rings is 2. The number of fused-ring (bicyclic) bond motifs is 1. The first-order valence-electron chi connectivity index (χ1n) is 10.0. The number of hydrogen-bond donors (Lipinski definition) is 1. The van der Waals surface area contributed by atoms with Crippen LogP contribution in [0.5, 0.6) is 0 Å². The van der Waals surface area contributed by atoms with Gasteiger partial charge in [0, 0.05) is 23.3 Å². The maximum atomic E-state index is 13.5. The van der Waals surface area contributed by atoms with E-state index in [1.165, 1.54) is 0 Å². The number of benzene rings is 1. The summed E-state index contributed by atoms with van der Waals surface area (Å²) in [4.78, 5) is 32.5. The number of hydrogen-bond acceptors (Lipinski definition) is 7. The molecule has 3 aromatic heterocycles. The summed E-state index contributed by atoms with van der Waals surface area (Å²) in [6.07, 6.45) is 3.29. The molecular weight excluding hydrogens is 402 g/mol. The smallest absolute Gasteiger partial charge is 0.254 e. The van der Waals surface area contributed by atoms with Gasteiger partial charge in [-0.05, 0) is 61.9 Å². The molecule has 1 amide bonds. The highest BCUT2D eigenvalue weighted by Gasteiger charge is 2.19. The highest BCUT2D eigenvalue weighted by Crippen LogP contribution is 2.21. The van der Waals surface area contributed by atoms with Crippen molar-refractivity contribution >= 4 is 22.6 Å². The van der Waals surface area contributed by atoms with Crippen LogP contribution in [0.2, 0.25) is 0 Å². The molecule has 0 aliphatic carbocycles. The van der Waals surface area contributed by atoms with Crippen molar-refractivity contribution in [2.45, 2.75) is 26.9 Å². The van der Waals surface area contributed by atoms with E-state index in [2.05, 4.69) is 26.0 Å². The van der Waals surface area contributed by atoms with Crippen molar-refractivity contribution in [1.29, 1.82) is 5.26 Å². The molecule has 8 nitrogen and oxygen atoms in total. The van der Waals surface area contributed by atoms with Crippen molar-refractivity contribution in [2.75, 3.05) is 5.73 Å². The Morgan fingerprint density at radius 2 is 1.84 bits per heavy atom. The number of nitrogens with two attached hydrogens (primary N) is 1. The highest BCUT2D eigenvalue weighted by molar-refractivity contribution is 5.98. The topological polar surface area (TPSA) is 122 Å². The molecule has 1 aromatic carbocycles. The first-order valence-corrected chi connectivity index (χ1v) is 10.0. The molecule has 4 rings (SSSR count). The Morgan fingerprint density at radius 3 is 2.56 bits per heavy atom. The zero-order valence-electron chi connectivity index (χ0n) is 17.8. The molecule has 0 fully saturated rings. The first-order chi connectivity index (χ1) is 15.4. The number of aryl methyl sites for hydroxylation is 2. The van der Waals surface area contributed by atoms with Crippen LogP contribution in [0.15, 0.2) is 54.9 Å². The van der Waals surface area contributed by atoms with Crippen LogP contribution >= 0.6 is 0 Å². The molecule has 0 atom stereocenters.